The Morgan fingerprint density at radius 3 is 1.16 bits per heavy atom. The minimum absolute atomic E-state index is 0.00556. The van der Waals surface area contributed by atoms with E-state index in [9.17, 15) is 63.1 Å². The predicted octanol–water partition coefficient (Wildman–Crippen LogP) is 7.96. The van der Waals surface area contributed by atoms with E-state index in [2.05, 4.69) is 22.9 Å². The van der Waals surface area contributed by atoms with E-state index in [-0.39, 0.29) is 12.8 Å². The molecule has 2 unspecified atom stereocenters. The molecular weight excluding hydrogens is 889 g/mol. The van der Waals surface area contributed by atoms with Crippen LogP contribution in [0.1, 0.15) is 194 Å². The third-order valence-corrected chi connectivity index (χ3v) is 12.9. The van der Waals surface area contributed by atoms with Gasteiger partial charge in [-0.2, -0.15) is 0 Å². The number of ether oxygens (including phenoxy) is 2. The molecule has 8 atom stereocenters. The maximum Gasteiger partial charge on any atom is 0.472 e. The first-order valence-corrected chi connectivity index (χ1v) is 27.9. The number of aliphatic hydroxyl groups is 3. The van der Waals surface area contributed by atoms with Gasteiger partial charge in [-0.1, -0.05) is 168 Å². The van der Waals surface area contributed by atoms with Crippen LogP contribution in [0.3, 0.4) is 0 Å². The SMILES string of the molecule is CCCCCCCCCCCCCCCC(=O)OCC(COP(=O)(O)O[C@H]1[C@@H](O)[C@@H](OP(=O)(O)O)[C@H](OP(=O)(O)O)[C@@H](O)[C@@H]1O)OC(=O)CCCCCCCCCCCCCCC. The fraction of sp³-hybridized carbons (Fsp3) is 0.951. The first kappa shape index (κ1) is 60.2. The molecule has 0 aromatic heterocycles. The molecule has 8 N–H and O–H groups in total. The van der Waals surface area contributed by atoms with Gasteiger partial charge >= 0.3 is 35.4 Å². The molecule has 1 aliphatic carbocycles. The average Bonchev–Trinajstić information content (AvgIpc) is 3.20. The second-order valence-electron chi connectivity index (χ2n) is 16.7. The number of esters is 2. The molecule has 63 heavy (non-hydrogen) atoms. The number of carbonyl (C=O) groups is 2. The molecule has 0 aliphatic heterocycles. The van der Waals surface area contributed by atoms with Gasteiger partial charge in [-0.15, -0.1) is 0 Å². The molecule has 0 bridgehead atoms. The Kier molecular flexibility index (Phi) is 32.9. The molecule has 0 aromatic carbocycles. The van der Waals surface area contributed by atoms with Crippen molar-refractivity contribution in [2.75, 3.05) is 13.2 Å². The summed E-state index contributed by atoms with van der Waals surface area (Å²) in [5.74, 6) is -1.28. The van der Waals surface area contributed by atoms with Gasteiger partial charge in [0.1, 0.15) is 43.2 Å². The van der Waals surface area contributed by atoms with E-state index < -0.39 is 91.3 Å². The van der Waals surface area contributed by atoms with Crippen molar-refractivity contribution in [3.8, 4) is 0 Å². The van der Waals surface area contributed by atoms with Crippen LogP contribution in [0, 0.1) is 0 Å². The molecule has 374 valence electrons. The second-order valence-corrected chi connectivity index (χ2v) is 20.5. The molecule has 0 amide bonds. The topological polar surface area (TPSA) is 303 Å². The molecule has 1 saturated carbocycles. The van der Waals surface area contributed by atoms with E-state index in [0.29, 0.717) is 12.8 Å². The van der Waals surface area contributed by atoms with E-state index >= 15 is 0 Å². The van der Waals surface area contributed by atoms with Gasteiger partial charge in [-0.3, -0.25) is 27.7 Å². The van der Waals surface area contributed by atoms with Gasteiger partial charge in [0, 0.05) is 12.8 Å². The number of hydrogen-bond acceptors (Lipinski definition) is 14. The Morgan fingerprint density at radius 2 is 0.778 bits per heavy atom. The highest BCUT2D eigenvalue weighted by Crippen LogP contribution is 2.51. The van der Waals surface area contributed by atoms with Gasteiger partial charge in [-0.25, -0.2) is 13.7 Å². The molecule has 1 fully saturated rings. The molecule has 19 nitrogen and oxygen atoms in total. The van der Waals surface area contributed by atoms with Crippen LogP contribution in [0.25, 0.3) is 0 Å². The van der Waals surface area contributed by atoms with Gasteiger partial charge in [0.25, 0.3) is 0 Å². The van der Waals surface area contributed by atoms with Crippen LogP contribution >= 0.6 is 23.5 Å². The van der Waals surface area contributed by atoms with E-state index in [1.165, 1.54) is 103 Å². The number of phosphoric ester groups is 3. The van der Waals surface area contributed by atoms with Crippen molar-refractivity contribution in [1.29, 1.82) is 0 Å². The summed E-state index contributed by atoms with van der Waals surface area (Å²) in [4.78, 5) is 73.1. The smallest absolute Gasteiger partial charge is 0.462 e. The van der Waals surface area contributed by atoms with Gasteiger partial charge in [-0.05, 0) is 12.8 Å². The number of carbonyl (C=O) groups excluding carboxylic acids is 2. The Balaban J connectivity index is 2.74. The molecular formula is C41H81O19P3. The zero-order valence-corrected chi connectivity index (χ0v) is 40.3. The standard InChI is InChI=1S/C41H81O19P3/c1-3-5-7-9-11-13-15-17-19-21-23-25-27-29-34(42)55-31-33(57-35(43)30-28-26-24-22-20-18-16-14-12-10-8-6-4-2)32-56-63(53,54)60-39-36(44)37(45)40(58-61(47,48)49)41(38(39)46)59-62(50,51)52/h33,36-41,44-46H,3-32H2,1-2H3,(H,53,54)(H2,47,48,49)(H2,50,51,52)/t33?,36-,37-,38+,39+,40+,41+/m0/s1. The van der Waals surface area contributed by atoms with Gasteiger partial charge in [0.2, 0.25) is 0 Å². The van der Waals surface area contributed by atoms with Crippen LogP contribution in [0.5, 0.6) is 0 Å². The lowest BCUT2D eigenvalue weighted by molar-refractivity contribution is -0.213. The maximum atomic E-state index is 13.1. The molecule has 0 saturated heterocycles. The minimum atomic E-state index is -5.59. The van der Waals surface area contributed by atoms with Crippen LogP contribution in [0.4, 0.5) is 0 Å². The number of unbranched alkanes of at least 4 members (excludes halogenated alkanes) is 24. The summed E-state index contributed by atoms with van der Waals surface area (Å²) >= 11 is 0. The summed E-state index contributed by atoms with van der Waals surface area (Å²) in [6.07, 6.45) is 12.7. The third-order valence-electron chi connectivity index (χ3n) is 10.9. The van der Waals surface area contributed by atoms with Crippen molar-refractivity contribution >= 4 is 35.4 Å². The van der Waals surface area contributed by atoms with Crippen molar-refractivity contribution in [3.63, 3.8) is 0 Å². The summed E-state index contributed by atoms with van der Waals surface area (Å²) in [7, 11) is -16.6. The predicted molar refractivity (Wildman–Crippen MR) is 234 cm³/mol. The molecule has 0 heterocycles. The fourth-order valence-corrected chi connectivity index (χ4v) is 9.50. The zero-order valence-electron chi connectivity index (χ0n) is 37.7. The van der Waals surface area contributed by atoms with Crippen molar-refractivity contribution in [3.05, 3.63) is 0 Å². The number of rotatable bonds is 40. The largest absolute Gasteiger partial charge is 0.472 e. The average molecular weight is 971 g/mol. The van der Waals surface area contributed by atoms with Crippen LogP contribution in [0.2, 0.25) is 0 Å². The monoisotopic (exact) mass is 970 g/mol. The Bertz CT molecular complexity index is 1350. The first-order chi connectivity index (χ1) is 29.8. The van der Waals surface area contributed by atoms with E-state index in [1.807, 2.05) is 0 Å². The zero-order chi connectivity index (χ0) is 47.2. The normalized spacial score (nSPS) is 22.1. The molecule has 0 aromatic rings. The lowest BCUT2D eigenvalue weighted by atomic mass is 9.85. The molecule has 1 aliphatic rings. The first-order valence-electron chi connectivity index (χ1n) is 23.3. The van der Waals surface area contributed by atoms with Crippen LogP contribution in [-0.2, 0) is 50.9 Å². The molecule has 0 radical (unpaired) electrons. The van der Waals surface area contributed by atoms with E-state index in [4.69, 9.17) is 18.5 Å². The summed E-state index contributed by atoms with van der Waals surface area (Å²) in [6, 6.07) is 0. The van der Waals surface area contributed by atoms with Crippen LogP contribution in [-0.4, -0.2) is 108 Å². The fourth-order valence-electron chi connectivity index (χ4n) is 7.41. The summed E-state index contributed by atoms with van der Waals surface area (Å²) in [5.41, 5.74) is 0. The minimum Gasteiger partial charge on any atom is -0.462 e. The highest BCUT2D eigenvalue weighted by Gasteiger charge is 2.56. The number of hydrogen-bond donors (Lipinski definition) is 8. The third kappa shape index (κ3) is 30.9. The lowest BCUT2D eigenvalue weighted by Crippen LogP contribution is -2.65. The van der Waals surface area contributed by atoms with E-state index in [0.717, 1.165) is 51.4 Å². The van der Waals surface area contributed by atoms with Crippen molar-refractivity contribution < 1.29 is 90.6 Å². The number of aliphatic hydroxyl groups excluding tert-OH is 3. The van der Waals surface area contributed by atoms with Crippen LogP contribution in [0.15, 0.2) is 0 Å². The number of phosphoric acid groups is 3. The molecule has 0 spiro atoms. The molecule has 22 heteroatoms. The van der Waals surface area contributed by atoms with Crippen LogP contribution < -0.4 is 0 Å². The summed E-state index contributed by atoms with van der Waals surface area (Å²) in [6.45, 7) is 2.94. The van der Waals surface area contributed by atoms with Crippen molar-refractivity contribution in [2.24, 2.45) is 0 Å². The van der Waals surface area contributed by atoms with Crippen molar-refractivity contribution in [1.82, 2.24) is 0 Å². The van der Waals surface area contributed by atoms with E-state index in [1.54, 1.807) is 0 Å². The van der Waals surface area contributed by atoms with Crippen molar-refractivity contribution in [2.45, 2.75) is 236 Å². The Labute approximate surface area is 374 Å². The van der Waals surface area contributed by atoms with Gasteiger partial charge < -0.3 is 49.3 Å². The summed E-state index contributed by atoms with van der Waals surface area (Å²) in [5, 5.41) is 31.8. The second kappa shape index (κ2) is 34.4. The Morgan fingerprint density at radius 1 is 0.444 bits per heavy atom. The quantitative estimate of drug-likeness (QED) is 0.0164. The summed E-state index contributed by atoms with van der Waals surface area (Å²) < 4.78 is 65.4. The lowest BCUT2D eigenvalue weighted by Gasteiger charge is -2.44. The highest BCUT2D eigenvalue weighted by molar-refractivity contribution is 7.47. The van der Waals surface area contributed by atoms with Gasteiger partial charge in [0.15, 0.2) is 6.10 Å². The van der Waals surface area contributed by atoms with Gasteiger partial charge in [0.05, 0.1) is 6.61 Å². The Hall–Kier alpha value is -0.850. The highest BCUT2D eigenvalue weighted by atomic mass is 31.2. The maximum absolute atomic E-state index is 13.1. The molecule has 1 rings (SSSR count).